The van der Waals surface area contributed by atoms with Gasteiger partial charge in [0.25, 0.3) is 5.91 Å². The quantitative estimate of drug-likeness (QED) is 0.294. The fourth-order valence-corrected chi connectivity index (χ4v) is 3.81. The number of nitrogens with zero attached hydrogens (tertiary/aromatic N) is 1. The number of amides is 1. The average Bonchev–Trinajstić information content (AvgIpc) is 3.13. The van der Waals surface area contributed by atoms with Crippen molar-refractivity contribution in [3.63, 3.8) is 0 Å². The van der Waals surface area contributed by atoms with Gasteiger partial charge in [-0.2, -0.15) is 0 Å². The van der Waals surface area contributed by atoms with Gasteiger partial charge < -0.3 is 9.73 Å². The maximum absolute atomic E-state index is 12.7. The molecular formula is C23H18ClIN2O2. The van der Waals surface area contributed by atoms with Crippen LogP contribution in [0.2, 0.25) is 5.02 Å². The van der Waals surface area contributed by atoms with Gasteiger partial charge >= 0.3 is 0 Å². The SMILES string of the molecule is CC(C)c1ccc2oc(-c3ccc(Cl)c(NC(=O)c4ccccc4I)c3)nc2c1. The number of oxazole rings is 1. The molecule has 0 aliphatic heterocycles. The lowest BCUT2D eigenvalue weighted by Crippen LogP contribution is -2.13. The van der Waals surface area contributed by atoms with Crippen LogP contribution in [-0.2, 0) is 0 Å². The lowest BCUT2D eigenvalue weighted by molar-refractivity contribution is 0.102. The van der Waals surface area contributed by atoms with Gasteiger partial charge in [-0.15, -0.1) is 0 Å². The van der Waals surface area contributed by atoms with E-state index in [4.69, 9.17) is 16.0 Å². The molecule has 0 aliphatic rings. The van der Waals surface area contributed by atoms with Crippen LogP contribution in [0.5, 0.6) is 0 Å². The first-order valence-electron chi connectivity index (χ1n) is 9.18. The van der Waals surface area contributed by atoms with Crippen molar-refractivity contribution < 1.29 is 9.21 Å². The molecule has 4 rings (SSSR count). The van der Waals surface area contributed by atoms with E-state index in [2.05, 4.69) is 52.8 Å². The lowest BCUT2D eigenvalue weighted by Gasteiger charge is -2.09. The van der Waals surface area contributed by atoms with E-state index in [0.29, 0.717) is 28.1 Å². The standard InChI is InChI=1S/C23H18ClIN2O2/c1-13(2)14-8-10-21-20(11-14)27-23(29-21)15-7-9-17(24)19(12-15)26-22(28)16-5-3-4-6-18(16)25/h3-13H,1-2H3,(H,26,28). The van der Waals surface area contributed by atoms with Crippen molar-refractivity contribution in [3.05, 3.63) is 80.4 Å². The van der Waals surface area contributed by atoms with Crippen LogP contribution in [0.25, 0.3) is 22.6 Å². The lowest BCUT2D eigenvalue weighted by atomic mass is 10.0. The minimum Gasteiger partial charge on any atom is -0.436 e. The maximum Gasteiger partial charge on any atom is 0.256 e. The zero-order valence-corrected chi connectivity index (χ0v) is 18.8. The summed E-state index contributed by atoms with van der Waals surface area (Å²) in [4.78, 5) is 17.3. The molecule has 0 spiro atoms. The Balaban J connectivity index is 1.67. The van der Waals surface area contributed by atoms with Crippen LogP contribution < -0.4 is 5.32 Å². The van der Waals surface area contributed by atoms with Crippen LogP contribution in [0.15, 0.2) is 65.1 Å². The Bertz CT molecular complexity index is 1220. The second-order valence-corrected chi connectivity index (χ2v) is 8.60. The van der Waals surface area contributed by atoms with E-state index >= 15 is 0 Å². The molecule has 0 unspecified atom stereocenters. The van der Waals surface area contributed by atoms with Crippen molar-refractivity contribution in [1.29, 1.82) is 0 Å². The number of carbonyl (C=O) groups is 1. The molecule has 0 saturated heterocycles. The Hall–Kier alpha value is -2.38. The van der Waals surface area contributed by atoms with Crippen LogP contribution in [0.1, 0.15) is 35.7 Å². The molecule has 4 nitrogen and oxygen atoms in total. The summed E-state index contributed by atoms with van der Waals surface area (Å²) >= 11 is 8.46. The second-order valence-electron chi connectivity index (χ2n) is 7.03. The minimum absolute atomic E-state index is 0.215. The van der Waals surface area contributed by atoms with E-state index in [1.165, 1.54) is 5.56 Å². The van der Waals surface area contributed by atoms with Gasteiger partial charge in [-0.1, -0.05) is 43.6 Å². The molecule has 1 heterocycles. The molecular weight excluding hydrogens is 499 g/mol. The monoisotopic (exact) mass is 516 g/mol. The first-order valence-corrected chi connectivity index (χ1v) is 10.6. The molecule has 0 radical (unpaired) electrons. The van der Waals surface area contributed by atoms with Crippen molar-refractivity contribution in [2.45, 2.75) is 19.8 Å². The topological polar surface area (TPSA) is 55.1 Å². The van der Waals surface area contributed by atoms with E-state index in [-0.39, 0.29) is 5.91 Å². The predicted molar refractivity (Wildman–Crippen MR) is 126 cm³/mol. The van der Waals surface area contributed by atoms with Crippen molar-refractivity contribution in [2.24, 2.45) is 0 Å². The normalized spacial score (nSPS) is 11.2. The van der Waals surface area contributed by atoms with Gasteiger partial charge in [-0.05, 0) is 76.5 Å². The molecule has 4 aromatic rings. The number of benzene rings is 3. The fraction of sp³-hybridized carbons (Fsp3) is 0.130. The number of hydrogen-bond donors (Lipinski definition) is 1. The number of fused-ring (bicyclic) bond motifs is 1. The van der Waals surface area contributed by atoms with Gasteiger partial charge in [0.2, 0.25) is 5.89 Å². The molecule has 1 aromatic heterocycles. The summed E-state index contributed by atoms with van der Waals surface area (Å²) in [5.41, 5.74) is 4.60. The van der Waals surface area contributed by atoms with Gasteiger partial charge in [-0.3, -0.25) is 4.79 Å². The van der Waals surface area contributed by atoms with Crippen LogP contribution in [0.3, 0.4) is 0 Å². The minimum atomic E-state index is -0.215. The first kappa shape index (κ1) is 19.9. The van der Waals surface area contributed by atoms with E-state index in [1.54, 1.807) is 18.2 Å². The maximum atomic E-state index is 12.7. The molecule has 29 heavy (non-hydrogen) atoms. The largest absolute Gasteiger partial charge is 0.436 e. The van der Waals surface area contributed by atoms with E-state index < -0.39 is 0 Å². The summed E-state index contributed by atoms with van der Waals surface area (Å²) in [5, 5.41) is 3.34. The zero-order valence-electron chi connectivity index (χ0n) is 15.9. The van der Waals surface area contributed by atoms with Crippen LogP contribution >= 0.6 is 34.2 Å². The highest BCUT2D eigenvalue weighted by Crippen LogP contribution is 2.31. The summed E-state index contributed by atoms with van der Waals surface area (Å²) < 4.78 is 6.79. The number of hydrogen-bond acceptors (Lipinski definition) is 3. The third-order valence-electron chi connectivity index (χ3n) is 4.66. The molecule has 1 N–H and O–H groups in total. The van der Waals surface area contributed by atoms with Crippen molar-refractivity contribution >= 4 is 56.9 Å². The van der Waals surface area contributed by atoms with Gasteiger partial charge in [0, 0.05) is 9.13 Å². The molecule has 146 valence electrons. The highest BCUT2D eigenvalue weighted by atomic mass is 127. The molecule has 0 aliphatic carbocycles. The third kappa shape index (κ3) is 4.16. The molecule has 0 saturated carbocycles. The first-order chi connectivity index (χ1) is 13.9. The van der Waals surface area contributed by atoms with Gasteiger partial charge in [0.15, 0.2) is 5.58 Å². The summed E-state index contributed by atoms with van der Waals surface area (Å²) in [6.45, 7) is 4.29. The number of nitrogens with one attached hydrogen (secondary N) is 1. The Kier molecular flexibility index (Phi) is 5.61. The summed E-state index contributed by atoms with van der Waals surface area (Å²) in [7, 11) is 0. The smallest absolute Gasteiger partial charge is 0.256 e. The summed E-state index contributed by atoms with van der Waals surface area (Å²) in [5.74, 6) is 0.688. The van der Waals surface area contributed by atoms with Crippen molar-refractivity contribution in [3.8, 4) is 11.5 Å². The van der Waals surface area contributed by atoms with Crippen molar-refractivity contribution in [2.75, 3.05) is 5.32 Å². The van der Waals surface area contributed by atoms with Gasteiger partial charge in [0.1, 0.15) is 5.52 Å². The van der Waals surface area contributed by atoms with E-state index in [0.717, 1.165) is 20.2 Å². The molecule has 3 aromatic carbocycles. The summed E-state index contributed by atoms with van der Waals surface area (Å²) in [6.07, 6.45) is 0. The molecule has 1 amide bonds. The number of carbonyl (C=O) groups excluding carboxylic acids is 1. The Morgan fingerprint density at radius 3 is 2.66 bits per heavy atom. The Labute approximate surface area is 187 Å². The van der Waals surface area contributed by atoms with E-state index in [9.17, 15) is 4.79 Å². The number of aromatic nitrogens is 1. The van der Waals surface area contributed by atoms with Crippen LogP contribution in [-0.4, -0.2) is 10.9 Å². The highest BCUT2D eigenvalue weighted by Gasteiger charge is 2.15. The second kappa shape index (κ2) is 8.16. The predicted octanol–water partition coefficient (Wildman–Crippen LogP) is 7.13. The Morgan fingerprint density at radius 2 is 1.90 bits per heavy atom. The van der Waals surface area contributed by atoms with Crippen LogP contribution in [0, 0.1) is 3.57 Å². The van der Waals surface area contributed by atoms with E-state index in [1.807, 2.05) is 36.4 Å². The fourth-order valence-electron chi connectivity index (χ4n) is 3.02. The van der Waals surface area contributed by atoms with Crippen molar-refractivity contribution in [1.82, 2.24) is 4.98 Å². The zero-order chi connectivity index (χ0) is 20.5. The summed E-state index contributed by atoms with van der Waals surface area (Å²) in [6, 6.07) is 18.8. The molecule has 0 atom stereocenters. The number of halogens is 2. The van der Waals surface area contributed by atoms with Crippen LogP contribution in [0.4, 0.5) is 5.69 Å². The number of anilines is 1. The Morgan fingerprint density at radius 1 is 1.10 bits per heavy atom. The molecule has 0 fully saturated rings. The highest BCUT2D eigenvalue weighted by molar-refractivity contribution is 14.1. The van der Waals surface area contributed by atoms with Gasteiger partial charge in [-0.25, -0.2) is 4.98 Å². The third-order valence-corrected chi connectivity index (χ3v) is 5.93. The molecule has 0 bridgehead atoms. The van der Waals surface area contributed by atoms with Gasteiger partial charge in [0.05, 0.1) is 16.3 Å². The average molecular weight is 517 g/mol. The number of rotatable bonds is 4. The molecule has 6 heteroatoms.